The molecule has 0 saturated heterocycles. The average molecular weight is 130 g/mol. The summed E-state index contributed by atoms with van der Waals surface area (Å²) in [5, 5.41) is 8.62. The van der Waals surface area contributed by atoms with E-state index in [1.807, 2.05) is 0 Å². The van der Waals surface area contributed by atoms with Gasteiger partial charge in [-0.2, -0.15) is 0 Å². The van der Waals surface area contributed by atoms with Crippen LogP contribution in [0.4, 0.5) is 0 Å². The lowest BCUT2D eigenvalue weighted by Crippen LogP contribution is -2.19. The molecule has 0 aromatic heterocycles. The smallest absolute Gasteiger partial charge is 0.334 e. The summed E-state index contributed by atoms with van der Waals surface area (Å²) in [4.78, 5) is 10.5. The van der Waals surface area contributed by atoms with Crippen molar-refractivity contribution in [3.63, 3.8) is 0 Å². The van der Waals surface area contributed by atoms with Crippen LogP contribution in [-0.2, 0) is 9.53 Å². The van der Waals surface area contributed by atoms with Gasteiger partial charge in [-0.05, 0) is 19.8 Å². The van der Waals surface area contributed by atoms with Gasteiger partial charge in [0.2, 0.25) is 0 Å². The Labute approximate surface area is 53.6 Å². The normalized spacial score (nSPS) is 21.1. The quantitative estimate of drug-likeness (QED) is 0.538. The molecule has 0 aliphatic heterocycles. The lowest BCUT2D eigenvalue weighted by molar-refractivity contribution is -0.153. The Kier molecular flexibility index (Phi) is 1.71. The van der Waals surface area contributed by atoms with Crippen LogP contribution < -0.4 is 0 Å². The molecule has 1 saturated carbocycles. The number of rotatable bonds is 2. The third-order valence-electron chi connectivity index (χ3n) is 1.15. The molecule has 0 heterocycles. The number of carbonyl (C=O) groups excluding carboxylic acids is 1. The van der Waals surface area contributed by atoms with Crippen molar-refractivity contribution < 1.29 is 14.6 Å². The van der Waals surface area contributed by atoms with E-state index in [9.17, 15) is 4.79 Å². The molecular formula is C6H10O3. The highest BCUT2D eigenvalue weighted by Crippen LogP contribution is 2.23. The second-order valence-corrected chi connectivity index (χ2v) is 2.31. The van der Waals surface area contributed by atoms with E-state index in [0.717, 1.165) is 12.8 Å². The lowest BCUT2D eigenvalue weighted by Gasteiger charge is -2.02. The van der Waals surface area contributed by atoms with Crippen LogP contribution in [0.3, 0.4) is 0 Å². The zero-order chi connectivity index (χ0) is 6.85. The highest BCUT2D eigenvalue weighted by Gasteiger charge is 2.27. The van der Waals surface area contributed by atoms with Gasteiger partial charge >= 0.3 is 5.97 Å². The van der Waals surface area contributed by atoms with Crippen molar-refractivity contribution in [2.45, 2.75) is 32.0 Å². The Morgan fingerprint density at radius 2 is 2.33 bits per heavy atom. The van der Waals surface area contributed by atoms with Crippen LogP contribution in [0.1, 0.15) is 19.8 Å². The Balaban J connectivity index is 2.17. The predicted molar refractivity (Wildman–Crippen MR) is 30.8 cm³/mol. The van der Waals surface area contributed by atoms with Gasteiger partial charge in [0.15, 0.2) is 0 Å². The standard InChI is InChI=1S/C6H10O3/c1-4(7)6(8)9-5-2-3-5/h4-5,7H,2-3H2,1H3. The average Bonchev–Trinajstić information content (AvgIpc) is 2.50. The summed E-state index contributed by atoms with van der Waals surface area (Å²) >= 11 is 0. The van der Waals surface area contributed by atoms with E-state index < -0.39 is 12.1 Å². The summed E-state index contributed by atoms with van der Waals surface area (Å²) in [6.07, 6.45) is 1.05. The fourth-order valence-corrected chi connectivity index (χ4v) is 0.449. The van der Waals surface area contributed by atoms with Gasteiger partial charge in [-0.25, -0.2) is 4.79 Å². The first kappa shape index (κ1) is 6.55. The first-order valence-electron chi connectivity index (χ1n) is 3.08. The summed E-state index contributed by atoms with van der Waals surface area (Å²) < 4.78 is 4.73. The maximum atomic E-state index is 10.5. The van der Waals surface area contributed by atoms with Crippen molar-refractivity contribution in [3.05, 3.63) is 0 Å². The van der Waals surface area contributed by atoms with Gasteiger partial charge in [0.25, 0.3) is 0 Å². The Morgan fingerprint density at radius 3 is 2.67 bits per heavy atom. The third kappa shape index (κ3) is 2.01. The molecule has 0 spiro atoms. The zero-order valence-corrected chi connectivity index (χ0v) is 5.33. The second-order valence-electron chi connectivity index (χ2n) is 2.31. The molecule has 3 nitrogen and oxygen atoms in total. The van der Waals surface area contributed by atoms with E-state index in [1.165, 1.54) is 6.92 Å². The van der Waals surface area contributed by atoms with Gasteiger partial charge < -0.3 is 9.84 Å². The van der Waals surface area contributed by atoms with Crippen LogP contribution in [0.5, 0.6) is 0 Å². The number of carbonyl (C=O) groups is 1. The first-order valence-corrected chi connectivity index (χ1v) is 3.08. The van der Waals surface area contributed by atoms with Crippen molar-refractivity contribution in [1.82, 2.24) is 0 Å². The SMILES string of the molecule is CC(O)C(=O)OC1CC1. The van der Waals surface area contributed by atoms with Crippen LogP contribution in [0, 0.1) is 0 Å². The topological polar surface area (TPSA) is 46.5 Å². The van der Waals surface area contributed by atoms with Crippen molar-refractivity contribution in [1.29, 1.82) is 0 Å². The minimum atomic E-state index is -0.967. The van der Waals surface area contributed by atoms with Crippen molar-refractivity contribution in [3.8, 4) is 0 Å². The molecule has 0 aromatic carbocycles. The van der Waals surface area contributed by atoms with E-state index in [4.69, 9.17) is 9.84 Å². The van der Waals surface area contributed by atoms with Crippen LogP contribution in [0.25, 0.3) is 0 Å². The molecule has 0 bridgehead atoms. The van der Waals surface area contributed by atoms with E-state index in [0.29, 0.717) is 0 Å². The van der Waals surface area contributed by atoms with E-state index >= 15 is 0 Å². The Morgan fingerprint density at radius 1 is 1.78 bits per heavy atom. The van der Waals surface area contributed by atoms with Crippen molar-refractivity contribution >= 4 is 5.97 Å². The van der Waals surface area contributed by atoms with Gasteiger partial charge in [-0.15, -0.1) is 0 Å². The monoisotopic (exact) mass is 130 g/mol. The summed E-state index contributed by atoms with van der Waals surface area (Å²) in [5.41, 5.74) is 0. The van der Waals surface area contributed by atoms with Crippen LogP contribution in [-0.4, -0.2) is 23.3 Å². The highest BCUT2D eigenvalue weighted by atomic mass is 16.6. The number of hydrogen-bond acceptors (Lipinski definition) is 3. The number of hydrogen-bond donors (Lipinski definition) is 1. The van der Waals surface area contributed by atoms with E-state index in [1.54, 1.807) is 0 Å². The largest absolute Gasteiger partial charge is 0.460 e. The van der Waals surface area contributed by atoms with E-state index in [2.05, 4.69) is 0 Å². The molecule has 1 rings (SSSR count). The Hall–Kier alpha value is -0.570. The van der Waals surface area contributed by atoms with Crippen LogP contribution in [0.2, 0.25) is 0 Å². The lowest BCUT2D eigenvalue weighted by atomic mass is 10.4. The summed E-state index contributed by atoms with van der Waals surface area (Å²) in [6.45, 7) is 1.41. The van der Waals surface area contributed by atoms with Gasteiger partial charge in [0.05, 0.1) is 0 Å². The minimum Gasteiger partial charge on any atom is -0.460 e. The second kappa shape index (κ2) is 2.35. The molecular weight excluding hydrogens is 120 g/mol. The number of aliphatic hydroxyl groups excluding tert-OH is 1. The van der Waals surface area contributed by atoms with Crippen molar-refractivity contribution in [2.24, 2.45) is 0 Å². The maximum absolute atomic E-state index is 10.5. The van der Waals surface area contributed by atoms with Gasteiger partial charge in [0.1, 0.15) is 12.2 Å². The molecule has 1 atom stereocenters. The highest BCUT2D eigenvalue weighted by molar-refractivity contribution is 5.74. The molecule has 52 valence electrons. The van der Waals surface area contributed by atoms with Crippen LogP contribution in [0.15, 0.2) is 0 Å². The molecule has 0 aromatic rings. The molecule has 9 heavy (non-hydrogen) atoms. The summed E-state index contributed by atoms with van der Waals surface area (Å²) in [5.74, 6) is -0.502. The van der Waals surface area contributed by atoms with Gasteiger partial charge in [-0.3, -0.25) is 0 Å². The van der Waals surface area contributed by atoms with Crippen LogP contribution >= 0.6 is 0 Å². The predicted octanol–water partition coefficient (Wildman–Crippen LogP) is 0.0728. The van der Waals surface area contributed by atoms with Gasteiger partial charge in [0, 0.05) is 0 Å². The molecule has 3 heteroatoms. The van der Waals surface area contributed by atoms with Gasteiger partial charge in [-0.1, -0.05) is 0 Å². The fourth-order valence-electron chi connectivity index (χ4n) is 0.449. The Bertz CT molecular complexity index is 115. The molecule has 1 aliphatic rings. The summed E-state index contributed by atoms with van der Waals surface area (Å²) in [7, 11) is 0. The van der Waals surface area contributed by atoms with E-state index in [-0.39, 0.29) is 6.10 Å². The zero-order valence-electron chi connectivity index (χ0n) is 5.33. The summed E-state index contributed by atoms with van der Waals surface area (Å²) in [6, 6.07) is 0. The third-order valence-corrected chi connectivity index (χ3v) is 1.15. The molecule has 1 aliphatic carbocycles. The molecule has 1 fully saturated rings. The number of ether oxygens (including phenoxy) is 1. The number of esters is 1. The first-order chi connectivity index (χ1) is 4.20. The fraction of sp³-hybridized carbons (Fsp3) is 0.833. The van der Waals surface area contributed by atoms with Crippen molar-refractivity contribution in [2.75, 3.05) is 0 Å². The molecule has 1 N–H and O–H groups in total. The maximum Gasteiger partial charge on any atom is 0.334 e. The number of aliphatic hydroxyl groups is 1. The molecule has 0 amide bonds. The molecule has 0 radical (unpaired) electrons. The molecule has 1 unspecified atom stereocenters. The minimum absolute atomic E-state index is 0.104.